The van der Waals surface area contributed by atoms with E-state index in [9.17, 15) is 9.90 Å². The van der Waals surface area contributed by atoms with Gasteiger partial charge in [-0.1, -0.05) is 12.6 Å². The van der Waals surface area contributed by atoms with Crippen LogP contribution in [0.4, 0.5) is 0 Å². The first kappa shape index (κ1) is 17.5. The summed E-state index contributed by atoms with van der Waals surface area (Å²) >= 11 is 0. The van der Waals surface area contributed by atoms with E-state index in [1.54, 1.807) is 12.1 Å². The van der Waals surface area contributed by atoms with Crippen molar-refractivity contribution in [3.63, 3.8) is 0 Å². The minimum atomic E-state index is -1.14. The molecule has 1 amide bonds. The van der Waals surface area contributed by atoms with Crippen LogP contribution in [-0.2, 0) is 11.8 Å². The Labute approximate surface area is 163 Å². The van der Waals surface area contributed by atoms with Gasteiger partial charge in [-0.2, -0.15) is 5.10 Å². The largest absolute Gasteiger partial charge is 0.482 e. The zero-order chi connectivity index (χ0) is 19.9. The lowest BCUT2D eigenvalue weighted by molar-refractivity contribution is -0.942. The van der Waals surface area contributed by atoms with Crippen molar-refractivity contribution in [3.8, 4) is 5.75 Å². The summed E-state index contributed by atoms with van der Waals surface area (Å²) in [4.78, 5) is 12.1. The predicted molar refractivity (Wildman–Crippen MR) is 105 cm³/mol. The average Bonchev–Trinajstić information content (AvgIpc) is 3.00. The van der Waals surface area contributed by atoms with E-state index in [4.69, 9.17) is 16.3 Å². The van der Waals surface area contributed by atoms with Crippen LogP contribution < -0.4 is 16.3 Å². The number of rotatable bonds is 3. The molecule has 5 rings (SSSR count). The number of ether oxygens (including phenoxy) is 1. The molecule has 1 saturated heterocycles. The molecule has 2 bridgehead atoms. The van der Waals surface area contributed by atoms with E-state index < -0.39 is 23.0 Å². The highest BCUT2D eigenvalue weighted by atomic mass is 16.5. The van der Waals surface area contributed by atoms with E-state index in [2.05, 4.69) is 18.7 Å². The number of amides is 1. The third-order valence-corrected chi connectivity index (χ3v) is 7.52. The minimum absolute atomic E-state index is 0.0706. The lowest BCUT2D eigenvalue weighted by atomic mass is 9.50. The van der Waals surface area contributed by atoms with Crippen molar-refractivity contribution >= 4 is 11.6 Å². The Kier molecular flexibility index (Phi) is 3.27. The summed E-state index contributed by atoms with van der Waals surface area (Å²) in [5, 5.41) is 16.1. The molecular formula is C21H25N4O3+. The number of hydrazone groups is 1. The molecule has 7 nitrogen and oxygen atoms in total. The Morgan fingerprint density at radius 2 is 2.32 bits per heavy atom. The number of aliphatic hydroxyl groups is 1. The number of hydrogen-bond donors (Lipinski definition) is 3. The molecule has 5 atom stereocenters. The van der Waals surface area contributed by atoms with Gasteiger partial charge in [-0.05, 0) is 29.9 Å². The van der Waals surface area contributed by atoms with Gasteiger partial charge in [-0.15, -0.1) is 0 Å². The minimum Gasteiger partial charge on any atom is -0.482 e. The van der Waals surface area contributed by atoms with Crippen LogP contribution in [0.1, 0.15) is 27.9 Å². The summed E-state index contributed by atoms with van der Waals surface area (Å²) in [6, 6.07) is 3.62. The zero-order valence-electron chi connectivity index (χ0n) is 15.9. The fraction of sp³-hybridized carbons (Fsp3) is 0.429. The van der Waals surface area contributed by atoms with Crippen molar-refractivity contribution in [1.82, 2.24) is 0 Å². The smallest absolute Gasteiger partial charge is 0.252 e. The predicted octanol–water partition coefficient (Wildman–Crippen LogP) is 0.361. The van der Waals surface area contributed by atoms with Crippen LogP contribution >= 0.6 is 0 Å². The molecular weight excluding hydrogens is 356 g/mol. The van der Waals surface area contributed by atoms with Gasteiger partial charge in [0, 0.05) is 18.4 Å². The van der Waals surface area contributed by atoms with E-state index in [1.165, 1.54) is 0 Å². The van der Waals surface area contributed by atoms with Crippen molar-refractivity contribution in [2.75, 3.05) is 20.1 Å². The Balaban J connectivity index is 1.85. The molecule has 146 valence electrons. The van der Waals surface area contributed by atoms with E-state index >= 15 is 0 Å². The second-order valence-corrected chi connectivity index (χ2v) is 8.67. The summed E-state index contributed by atoms with van der Waals surface area (Å²) in [6.45, 7) is 5.55. The second-order valence-electron chi connectivity index (χ2n) is 8.67. The fourth-order valence-electron chi connectivity index (χ4n) is 6.26. The van der Waals surface area contributed by atoms with Crippen molar-refractivity contribution in [3.05, 3.63) is 53.6 Å². The maximum Gasteiger partial charge on any atom is 0.252 e. The number of nitrogens with two attached hydrogens (primary N) is 2. The second kappa shape index (κ2) is 5.24. The number of hydrogen-bond acceptors (Lipinski definition) is 5. The Morgan fingerprint density at radius 3 is 3.00 bits per heavy atom. The third kappa shape index (κ3) is 1.72. The number of quaternary nitrogens is 1. The summed E-state index contributed by atoms with van der Waals surface area (Å²) in [7, 11) is 2.17. The van der Waals surface area contributed by atoms with Gasteiger partial charge >= 0.3 is 0 Å². The summed E-state index contributed by atoms with van der Waals surface area (Å²) in [5.41, 5.74) is 6.67. The number of nitrogens with zero attached hydrogens (tertiary/aromatic N) is 2. The van der Waals surface area contributed by atoms with Gasteiger partial charge in [-0.25, -0.2) is 0 Å². The quantitative estimate of drug-likeness (QED) is 0.304. The first-order valence-electron chi connectivity index (χ1n) is 9.60. The number of likely N-dealkylation sites (tertiary alicyclic amines) is 1. The molecule has 1 aromatic rings. The standard InChI is InChI=1S/C21H24N4O3/c1-3-9-25(2)10-8-20-16-12-4-5-13(19(22)26)17(16)28-18(20)14(24-23)6-7-21(20,27)15(25)11-12/h3-7,15,18,27H,1,8-11,23H2,2H3,(H-,22,26)/p+1. The van der Waals surface area contributed by atoms with Crippen LogP contribution in [0.5, 0.6) is 5.75 Å². The monoisotopic (exact) mass is 381 g/mol. The molecule has 1 aromatic carbocycles. The van der Waals surface area contributed by atoms with Gasteiger partial charge in [0.15, 0.2) is 6.10 Å². The van der Waals surface area contributed by atoms with Crippen LogP contribution in [0.25, 0.3) is 0 Å². The molecule has 1 fully saturated rings. The third-order valence-electron chi connectivity index (χ3n) is 7.52. The average molecular weight is 381 g/mol. The molecule has 1 spiro atoms. The highest BCUT2D eigenvalue weighted by Crippen LogP contribution is 2.63. The molecule has 5 N–H and O–H groups in total. The van der Waals surface area contributed by atoms with E-state index in [0.717, 1.165) is 24.2 Å². The maximum atomic E-state index is 12.2. The molecule has 7 heteroatoms. The Hall–Kier alpha value is -2.64. The van der Waals surface area contributed by atoms with Gasteiger partial charge in [0.05, 0.1) is 31.1 Å². The highest BCUT2D eigenvalue weighted by molar-refractivity contribution is 6.04. The molecule has 2 heterocycles. The molecule has 0 aromatic heterocycles. The lowest BCUT2D eigenvalue weighted by Crippen LogP contribution is -2.79. The maximum absolute atomic E-state index is 12.2. The van der Waals surface area contributed by atoms with Crippen LogP contribution in [0, 0.1) is 0 Å². The summed E-state index contributed by atoms with van der Waals surface area (Å²) in [6.07, 6.45) is 6.35. The molecule has 5 unspecified atom stereocenters. The van der Waals surface area contributed by atoms with Gasteiger partial charge in [0.25, 0.3) is 5.91 Å². The molecule has 2 aliphatic carbocycles. The van der Waals surface area contributed by atoms with Crippen LogP contribution in [0.2, 0.25) is 0 Å². The number of likely N-dealkylation sites (N-methyl/N-ethyl adjacent to an activating group) is 1. The van der Waals surface area contributed by atoms with Crippen LogP contribution in [0.3, 0.4) is 0 Å². The molecule has 2 aliphatic heterocycles. The van der Waals surface area contributed by atoms with Crippen LogP contribution in [-0.4, -0.2) is 59.1 Å². The molecule has 28 heavy (non-hydrogen) atoms. The van der Waals surface area contributed by atoms with Gasteiger partial charge in [-0.3, -0.25) is 4.79 Å². The van der Waals surface area contributed by atoms with E-state index in [1.807, 2.05) is 18.2 Å². The van der Waals surface area contributed by atoms with Gasteiger partial charge in [0.2, 0.25) is 0 Å². The van der Waals surface area contributed by atoms with Crippen molar-refractivity contribution in [1.29, 1.82) is 0 Å². The zero-order valence-corrected chi connectivity index (χ0v) is 15.9. The van der Waals surface area contributed by atoms with Crippen LogP contribution in [0.15, 0.2) is 42.0 Å². The fourth-order valence-corrected chi connectivity index (χ4v) is 6.26. The summed E-state index contributed by atoms with van der Waals surface area (Å²) < 4.78 is 7.01. The highest BCUT2D eigenvalue weighted by Gasteiger charge is 2.74. The molecule has 4 aliphatic rings. The first-order chi connectivity index (χ1) is 13.3. The van der Waals surface area contributed by atoms with Crippen molar-refractivity contribution in [2.24, 2.45) is 16.7 Å². The Bertz CT molecular complexity index is 986. The van der Waals surface area contributed by atoms with Gasteiger partial charge in [0.1, 0.15) is 23.1 Å². The number of primary amides is 1. The molecule has 0 saturated carbocycles. The molecule has 0 radical (unpaired) electrons. The Morgan fingerprint density at radius 1 is 1.54 bits per heavy atom. The van der Waals surface area contributed by atoms with Crippen molar-refractivity contribution in [2.45, 2.75) is 36.0 Å². The van der Waals surface area contributed by atoms with Gasteiger partial charge < -0.3 is 25.9 Å². The number of benzene rings is 1. The van der Waals surface area contributed by atoms with E-state index in [-0.39, 0.29) is 6.04 Å². The van der Waals surface area contributed by atoms with E-state index in [0.29, 0.717) is 34.3 Å². The number of carbonyl (C=O) groups excluding carboxylic acids is 1. The number of carbonyl (C=O) groups is 1. The lowest BCUT2D eigenvalue weighted by Gasteiger charge is -2.63. The van der Waals surface area contributed by atoms with Crippen molar-refractivity contribution < 1.29 is 19.1 Å². The summed E-state index contributed by atoms with van der Waals surface area (Å²) in [5.74, 6) is 5.61. The normalized spacial score (nSPS) is 40.7. The SMILES string of the molecule is C=CC[N+]1(C)CCC23c4c5ccc(C(N)=O)c4OC2C(=NN)C=CC3(O)C1C5. The number of piperidine rings is 1. The first-order valence-corrected chi connectivity index (χ1v) is 9.60. The topological polar surface area (TPSA) is 111 Å².